The number of aliphatic hydroxyl groups excluding tert-OH is 1. The molecule has 0 aliphatic carbocycles. The Morgan fingerprint density at radius 1 is 1.53 bits per heavy atom. The number of nitrogens with zero attached hydrogens (tertiary/aromatic N) is 3. The van der Waals surface area contributed by atoms with E-state index in [0.29, 0.717) is 25.3 Å². The lowest BCUT2D eigenvalue weighted by molar-refractivity contribution is 0.0968. The molecule has 0 bridgehead atoms. The van der Waals surface area contributed by atoms with Gasteiger partial charge in [-0.25, -0.2) is 9.97 Å². The molecule has 1 aliphatic rings. The second-order valence-corrected chi connectivity index (χ2v) is 3.98. The van der Waals surface area contributed by atoms with Crippen molar-refractivity contribution in [2.75, 3.05) is 18.0 Å². The van der Waals surface area contributed by atoms with Crippen molar-refractivity contribution in [1.29, 1.82) is 0 Å². The fourth-order valence-corrected chi connectivity index (χ4v) is 1.84. The molecule has 2 atom stereocenters. The first-order chi connectivity index (χ1) is 7.16. The van der Waals surface area contributed by atoms with Gasteiger partial charge in [0.05, 0.1) is 6.10 Å². The van der Waals surface area contributed by atoms with Gasteiger partial charge in [-0.15, -0.1) is 0 Å². The molecule has 5 heteroatoms. The lowest BCUT2D eigenvalue weighted by Crippen LogP contribution is -2.42. The quantitative estimate of drug-likeness (QED) is 0.699. The lowest BCUT2D eigenvalue weighted by atomic mass is 9.97. The zero-order valence-corrected chi connectivity index (χ0v) is 8.60. The molecule has 1 aromatic rings. The second-order valence-electron chi connectivity index (χ2n) is 3.98. The Balaban J connectivity index is 2.12. The van der Waals surface area contributed by atoms with E-state index >= 15 is 0 Å². The van der Waals surface area contributed by atoms with Gasteiger partial charge in [-0.3, -0.25) is 0 Å². The van der Waals surface area contributed by atoms with Crippen LogP contribution in [-0.2, 0) is 0 Å². The predicted octanol–water partition coefficient (Wildman–Crippen LogP) is 0.823. The number of aliphatic hydroxyl groups is 1. The molecular formula is C10H14FN3O. The van der Waals surface area contributed by atoms with Gasteiger partial charge < -0.3 is 10.0 Å². The Bertz CT molecular complexity index is 347. The van der Waals surface area contributed by atoms with Crippen LogP contribution in [0.15, 0.2) is 12.4 Å². The van der Waals surface area contributed by atoms with Crippen molar-refractivity contribution in [2.24, 2.45) is 5.92 Å². The summed E-state index contributed by atoms with van der Waals surface area (Å²) in [6.07, 6.45) is 1.67. The molecule has 1 aromatic heterocycles. The molecule has 1 aliphatic heterocycles. The molecule has 1 fully saturated rings. The van der Waals surface area contributed by atoms with Gasteiger partial charge in [0, 0.05) is 19.2 Å². The van der Waals surface area contributed by atoms with Crippen molar-refractivity contribution in [3.63, 3.8) is 0 Å². The minimum absolute atomic E-state index is 0.191. The van der Waals surface area contributed by atoms with Gasteiger partial charge in [0.2, 0.25) is 5.95 Å². The van der Waals surface area contributed by atoms with Crippen LogP contribution in [0.2, 0.25) is 0 Å². The summed E-state index contributed by atoms with van der Waals surface area (Å²) in [5.41, 5.74) is 0. The van der Waals surface area contributed by atoms with Crippen LogP contribution in [0.4, 0.5) is 10.2 Å². The molecule has 2 heterocycles. The first kappa shape index (κ1) is 10.3. The number of rotatable bonds is 1. The Kier molecular flexibility index (Phi) is 2.81. The van der Waals surface area contributed by atoms with Crippen molar-refractivity contribution in [3.05, 3.63) is 18.3 Å². The molecule has 2 rings (SSSR count). The largest absolute Gasteiger partial charge is 0.393 e. The second kappa shape index (κ2) is 4.10. The van der Waals surface area contributed by atoms with Crippen LogP contribution in [0, 0.1) is 11.9 Å². The molecule has 0 radical (unpaired) electrons. The van der Waals surface area contributed by atoms with E-state index in [1.807, 2.05) is 11.8 Å². The molecular weight excluding hydrogens is 197 g/mol. The summed E-state index contributed by atoms with van der Waals surface area (Å²) in [5, 5.41) is 9.56. The highest BCUT2D eigenvalue weighted by molar-refractivity contribution is 5.37. The van der Waals surface area contributed by atoms with E-state index < -0.39 is 5.95 Å². The Morgan fingerprint density at radius 3 is 3.00 bits per heavy atom. The molecule has 0 aromatic carbocycles. The van der Waals surface area contributed by atoms with Crippen molar-refractivity contribution in [1.82, 2.24) is 9.97 Å². The summed E-state index contributed by atoms with van der Waals surface area (Å²) < 4.78 is 12.9. The minimum Gasteiger partial charge on any atom is -0.393 e. The van der Waals surface area contributed by atoms with E-state index in [0.717, 1.165) is 0 Å². The van der Waals surface area contributed by atoms with Crippen molar-refractivity contribution < 1.29 is 9.50 Å². The fourth-order valence-electron chi connectivity index (χ4n) is 1.84. The number of hydrogen-bond donors (Lipinski definition) is 1. The zero-order valence-electron chi connectivity index (χ0n) is 8.60. The number of aromatic nitrogens is 2. The van der Waals surface area contributed by atoms with Crippen LogP contribution in [-0.4, -0.2) is 34.3 Å². The number of anilines is 1. The maximum atomic E-state index is 12.9. The Morgan fingerprint density at radius 2 is 2.33 bits per heavy atom. The van der Waals surface area contributed by atoms with Gasteiger partial charge in [-0.05, 0) is 12.3 Å². The third-order valence-electron chi connectivity index (χ3n) is 2.80. The average molecular weight is 211 g/mol. The van der Waals surface area contributed by atoms with E-state index in [1.54, 1.807) is 0 Å². The summed E-state index contributed by atoms with van der Waals surface area (Å²) in [6, 6.07) is 1.32. The molecule has 4 nitrogen and oxygen atoms in total. The van der Waals surface area contributed by atoms with Crippen molar-refractivity contribution in [2.45, 2.75) is 19.4 Å². The predicted molar refractivity (Wildman–Crippen MR) is 54.0 cm³/mol. The normalized spacial score (nSPS) is 26.7. The average Bonchev–Trinajstić information content (AvgIpc) is 2.22. The monoisotopic (exact) mass is 211 g/mol. The molecule has 2 unspecified atom stereocenters. The van der Waals surface area contributed by atoms with E-state index in [2.05, 4.69) is 9.97 Å². The van der Waals surface area contributed by atoms with Gasteiger partial charge in [-0.2, -0.15) is 4.39 Å². The first-order valence-corrected chi connectivity index (χ1v) is 5.07. The Hall–Kier alpha value is -1.23. The maximum Gasteiger partial charge on any atom is 0.218 e. The molecule has 1 N–H and O–H groups in total. The summed E-state index contributed by atoms with van der Waals surface area (Å²) >= 11 is 0. The molecule has 0 saturated carbocycles. The summed E-state index contributed by atoms with van der Waals surface area (Å²) in [4.78, 5) is 9.41. The van der Waals surface area contributed by atoms with Gasteiger partial charge in [0.25, 0.3) is 0 Å². The zero-order chi connectivity index (χ0) is 10.8. The summed E-state index contributed by atoms with van der Waals surface area (Å²) in [6.45, 7) is 3.40. The van der Waals surface area contributed by atoms with Crippen LogP contribution >= 0.6 is 0 Å². The lowest BCUT2D eigenvalue weighted by Gasteiger charge is -2.34. The molecule has 0 amide bonds. The third-order valence-corrected chi connectivity index (χ3v) is 2.80. The molecule has 1 saturated heterocycles. The van der Waals surface area contributed by atoms with Gasteiger partial charge in [-0.1, -0.05) is 6.92 Å². The summed E-state index contributed by atoms with van der Waals surface area (Å²) in [7, 11) is 0. The van der Waals surface area contributed by atoms with E-state index in [-0.39, 0.29) is 12.0 Å². The molecule has 82 valence electrons. The highest BCUT2D eigenvalue weighted by Crippen LogP contribution is 2.21. The van der Waals surface area contributed by atoms with Crippen LogP contribution in [0.3, 0.4) is 0 Å². The van der Waals surface area contributed by atoms with Crippen LogP contribution in [0.25, 0.3) is 0 Å². The number of hydrogen-bond acceptors (Lipinski definition) is 4. The van der Waals surface area contributed by atoms with Crippen LogP contribution < -0.4 is 4.90 Å². The van der Waals surface area contributed by atoms with E-state index in [9.17, 15) is 9.50 Å². The Labute approximate surface area is 87.8 Å². The highest BCUT2D eigenvalue weighted by atomic mass is 19.1. The first-order valence-electron chi connectivity index (χ1n) is 5.07. The number of halogens is 1. The van der Waals surface area contributed by atoms with Crippen LogP contribution in [0.5, 0.6) is 0 Å². The summed E-state index contributed by atoms with van der Waals surface area (Å²) in [5.74, 6) is 0.275. The van der Waals surface area contributed by atoms with E-state index in [1.165, 1.54) is 12.4 Å². The standard InChI is InChI=1S/C10H14FN3O/c1-7-5-14(3-2-8(7)15)10-4-9(11)12-6-13-10/h4,6-8,15H,2-3,5H2,1H3. The van der Waals surface area contributed by atoms with Crippen molar-refractivity contribution in [3.8, 4) is 0 Å². The van der Waals surface area contributed by atoms with Gasteiger partial charge >= 0.3 is 0 Å². The van der Waals surface area contributed by atoms with Gasteiger partial charge in [0.15, 0.2) is 0 Å². The fraction of sp³-hybridized carbons (Fsp3) is 0.600. The molecule has 0 spiro atoms. The molecule has 15 heavy (non-hydrogen) atoms. The topological polar surface area (TPSA) is 49.2 Å². The van der Waals surface area contributed by atoms with E-state index in [4.69, 9.17) is 0 Å². The van der Waals surface area contributed by atoms with Gasteiger partial charge in [0.1, 0.15) is 12.1 Å². The highest BCUT2D eigenvalue weighted by Gasteiger charge is 2.24. The smallest absolute Gasteiger partial charge is 0.218 e. The SMILES string of the molecule is CC1CN(c2cc(F)ncn2)CCC1O. The number of piperidine rings is 1. The maximum absolute atomic E-state index is 12.9. The van der Waals surface area contributed by atoms with Crippen molar-refractivity contribution >= 4 is 5.82 Å². The minimum atomic E-state index is -0.515. The van der Waals surface area contributed by atoms with Crippen LogP contribution in [0.1, 0.15) is 13.3 Å². The third kappa shape index (κ3) is 2.23.